The lowest BCUT2D eigenvalue weighted by atomic mass is 10.2. The third-order valence-corrected chi connectivity index (χ3v) is 3.84. The van der Waals surface area contributed by atoms with Crippen LogP contribution in [0.15, 0.2) is 72.9 Å². The van der Waals surface area contributed by atoms with E-state index in [1.165, 1.54) is 0 Å². The lowest BCUT2D eigenvalue weighted by molar-refractivity contribution is -0.00000515. The molecule has 0 atom stereocenters. The van der Waals surface area contributed by atoms with Crippen LogP contribution in [0.4, 0.5) is 0 Å². The maximum atomic E-state index is 6.13. The summed E-state index contributed by atoms with van der Waals surface area (Å²) in [5.74, 6) is 0.844. The van der Waals surface area contributed by atoms with Gasteiger partial charge in [-0.25, -0.2) is 0 Å². The zero-order valence-corrected chi connectivity index (χ0v) is 15.2. The summed E-state index contributed by atoms with van der Waals surface area (Å²) in [6.45, 7) is 1.91. The van der Waals surface area contributed by atoms with Crippen LogP contribution >= 0.6 is 11.6 Å². The van der Waals surface area contributed by atoms with Gasteiger partial charge in [-0.2, -0.15) is 0 Å². The highest BCUT2D eigenvalue weighted by atomic mass is 35.5. The highest BCUT2D eigenvalue weighted by molar-refractivity contribution is 6.30. The highest BCUT2D eigenvalue weighted by Gasteiger charge is 2.06. The number of halogens is 2. The number of aromatic nitrogens is 1. The molecule has 0 aliphatic rings. The normalized spacial score (nSPS) is 10.1. The van der Waals surface area contributed by atoms with E-state index < -0.39 is 0 Å². The van der Waals surface area contributed by atoms with Crippen molar-refractivity contribution in [1.82, 2.24) is 10.3 Å². The molecule has 1 heterocycles. The SMILES string of the molecule is Clc1ccc(OCc2ccccc2)c(CNCc2ccccn2)c1.[Cl-]. The first kappa shape index (κ1) is 19.3. The summed E-state index contributed by atoms with van der Waals surface area (Å²) >= 11 is 6.13. The Hall–Kier alpha value is -2.07. The van der Waals surface area contributed by atoms with Gasteiger partial charge in [-0.05, 0) is 35.9 Å². The zero-order chi connectivity index (χ0) is 16.6. The molecule has 1 aromatic heterocycles. The molecule has 0 unspecified atom stereocenters. The predicted molar refractivity (Wildman–Crippen MR) is 97.0 cm³/mol. The van der Waals surface area contributed by atoms with Gasteiger partial charge in [-0.3, -0.25) is 4.98 Å². The van der Waals surface area contributed by atoms with Crippen molar-refractivity contribution in [2.24, 2.45) is 0 Å². The average Bonchev–Trinajstić information content (AvgIpc) is 2.63. The van der Waals surface area contributed by atoms with Crippen molar-refractivity contribution in [1.29, 1.82) is 0 Å². The number of benzene rings is 2. The molecule has 0 saturated heterocycles. The van der Waals surface area contributed by atoms with Crippen LogP contribution in [-0.4, -0.2) is 4.98 Å². The summed E-state index contributed by atoms with van der Waals surface area (Å²) in [4.78, 5) is 4.31. The van der Waals surface area contributed by atoms with E-state index in [4.69, 9.17) is 16.3 Å². The number of rotatable bonds is 7. The molecule has 0 amide bonds. The molecule has 25 heavy (non-hydrogen) atoms. The van der Waals surface area contributed by atoms with E-state index in [1.54, 1.807) is 6.20 Å². The van der Waals surface area contributed by atoms with E-state index in [0.29, 0.717) is 24.7 Å². The zero-order valence-electron chi connectivity index (χ0n) is 13.7. The summed E-state index contributed by atoms with van der Waals surface area (Å²) in [6, 6.07) is 21.7. The summed E-state index contributed by atoms with van der Waals surface area (Å²) in [5.41, 5.74) is 3.18. The molecule has 0 fully saturated rings. The Labute approximate surface area is 159 Å². The lowest BCUT2D eigenvalue weighted by Gasteiger charge is -2.13. The Morgan fingerprint density at radius 3 is 2.48 bits per heavy atom. The Kier molecular flexibility index (Phi) is 7.74. The van der Waals surface area contributed by atoms with Crippen LogP contribution in [-0.2, 0) is 19.7 Å². The largest absolute Gasteiger partial charge is 1.00 e. The topological polar surface area (TPSA) is 34.1 Å². The third kappa shape index (κ3) is 6.05. The van der Waals surface area contributed by atoms with Gasteiger partial charge in [-0.1, -0.05) is 48.0 Å². The molecule has 3 aromatic rings. The molecule has 130 valence electrons. The van der Waals surface area contributed by atoms with E-state index in [1.807, 2.05) is 54.6 Å². The first-order valence-electron chi connectivity index (χ1n) is 7.87. The molecule has 1 N–H and O–H groups in total. The minimum Gasteiger partial charge on any atom is -1.00 e. The van der Waals surface area contributed by atoms with Crippen molar-refractivity contribution < 1.29 is 17.1 Å². The summed E-state index contributed by atoms with van der Waals surface area (Å²) in [6.07, 6.45) is 1.80. The summed E-state index contributed by atoms with van der Waals surface area (Å²) in [5, 5.41) is 4.09. The average molecular weight is 374 g/mol. The molecule has 3 nitrogen and oxygen atoms in total. The molecule has 0 spiro atoms. The molecule has 0 saturated carbocycles. The number of pyridine rings is 1. The molecule has 0 aliphatic heterocycles. The van der Waals surface area contributed by atoms with E-state index in [2.05, 4.69) is 22.4 Å². The molecule has 0 radical (unpaired) electrons. The van der Waals surface area contributed by atoms with Gasteiger partial charge in [0.1, 0.15) is 12.4 Å². The number of hydrogen-bond acceptors (Lipinski definition) is 3. The predicted octanol–water partition coefficient (Wildman–Crippen LogP) is 1.61. The molecule has 3 rings (SSSR count). The number of hydrogen-bond donors (Lipinski definition) is 1. The van der Waals surface area contributed by atoms with Crippen LogP contribution in [0.3, 0.4) is 0 Å². The maximum Gasteiger partial charge on any atom is 0.124 e. The molecule has 0 aliphatic carbocycles. The van der Waals surface area contributed by atoms with Gasteiger partial charge in [-0.15, -0.1) is 0 Å². The van der Waals surface area contributed by atoms with Crippen molar-refractivity contribution in [3.63, 3.8) is 0 Å². The van der Waals surface area contributed by atoms with Crippen molar-refractivity contribution in [3.8, 4) is 5.75 Å². The fourth-order valence-corrected chi connectivity index (χ4v) is 2.58. The first-order chi connectivity index (χ1) is 11.8. The Morgan fingerprint density at radius 1 is 0.920 bits per heavy atom. The van der Waals surface area contributed by atoms with Crippen LogP contribution in [0.25, 0.3) is 0 Å². The molecule has 5 heteroatoms. The third-order valence-electron chi connectivity index (χ3n) is 3.61. The number of nitrogens with one attached hydrogen (secondary N) is 1. The Balaban J connectivity index is 0.00000225. The highest BCUT2D eigenvalue weighted by Crippen LogP contribution is 2.24. The lowest BCUT2D eigenvalue weighted by Crippen LogP contribution is -3.00. The van der Waals surface area contributed by atoms with Crippen LogP contribution in [0.1, 0.15) is 16.8 Å². The quantitative estimate of drug-likeness (QED) is 0.683. The van der Waals surface area contributed by atoms with Gasteiger partial charge >= 0.3 is 0 Å². The number of nitrogens with zero attached hydrogens (tertiary/aromatic N) is 1. The van der Waals surface area contributed by atoms with Crippen molar-refractivity contribution >= 4 is 11.6 Å². The van der Waals surface area contributed by atoms with E-state index in [9.17, 15) is 0 Å². The van der Waals surface area contributed by atoms with Crippen LogP contribution < -0.4 is 22.5 Å². The standard InChI is InChI=1S/C20H19ClN2O.ClH/c21-18-9-10-20(24-15-16-6-2-1-3-7-16)17(12-18)13-22-14-19-8-4-5-11-23-19;/h1-12,22H,13-15H2;1H/p-1. The molecule has 2 aromatic carbocycles. The van der Waals surface area contributed by atoms with Gasteiger partial charge in [0.2, 0.25) is 0 Å². The van der Waals surface area contributed by atoms with E-state index in [-0.39, 0.29) is 12.4 Å². The first-order valence-corrected chi connectivity index (χ1v) is 8.25. The Morgan fingerprint density at radius 2 is 1.72 bits per heavy atom. The Bertz CT molecular complexity index is 767. The second-order valence-corrected chi connectivity index (χ2v) is 5.89. The van der Waals surface area contributed by atoms with Crippen molar-refractivity contribution in [3.05, 3.63) is 94.8 Å². The monoisotopic (exact) mass is 373 g/mol. The maximum absolute atomic E-state index is 6.13. The van der Waals surface area contributed by atoms with Crippen molar-refractivity contribution in [2.45, 2.75) is 19.7 Å². The van der Waals surface area contributed by atoms with Crippen LogP contribution in [0, 0.1) is 0 Å². The number of ether oxygens (including phenoxy) is 1. The van der Waals surface area contributed by atoms with Gasteiger partial charge in [0.15, 0.2) is 0 Å². The summed E-state index contributed by atoms with van der Waals surface area (Å²) in [7, 11) is 0. The molecular weight excluding hydrogens is 355 g/mol. The minimum atomic E-state index is 0. The van der Waals surface area contributed by atoms with Crippen molar-refractivity contribution in [2.75, 3.05) is 0 Å². The van der Waals surface area contributed by atoms with Gasteiger partial charge in [0, 0.05) is 29.9 Å². The van der Waals surface area contributed by atoms with Crippen LogP contribution in [0.5, 0.6) is 5.75 Å². The van der Waals surface area contributed by atoms with Gasteiger partial charge < -0.3 is 22.5 Å². The second kappa shape index (κ2) is 10.0. The molecule has 0 bridgehead atoms. The van der Waals surface area contributed by atoms with Gasteiger partial charge in [0.25, 0.3) is 0 Å². The van der Waals surface area contributed by atoms with Crippen LogP contribution in [0.2, 0.25) is 5.02 Å². The van der Waals surface area contributed by atoms with Gasteiger partial charge in [0.05, 0.1) is 5.69 Å². The van der Waals surface area contributed by atoms with E-state index >= 15 is 0 Å². The fourth-order valence-electron chi connectivity index (χ4n) is 2.39. The smallest absolute Gasteiger partial charge is 0.124 e. The molecular formula is C20H19Cl2N2O-. The second-order valence-electron chi connectivity index (χ2n) is 5.45. The van der Waals surface area contributed by atoms with E-state index in [0.717, 1.165) is 22.6 Å². The summed E-state index contributed by atoms with van der Waals surface area (Å²) < 4.78 is 5.97. The minimum absolute atomic E-state index is 0. The fraction of sp³-hybridized carbons (Fsp3) is 0.150.